The van der Waals surface area contributed by atoms with Gasteiger partial charge in [-0.1, -0.05) is 31.5 Å². The number of aryl methyl sites for hydroxylation is 2. The van der Waals surface area contributed by atoms with Gasteiger partial charge in [-0.05, 0) is 51.2 Å². The lowest BCUT2D eigenvalue weighted by Gasteiger charge is -2.34. The van der Waals surface area contributed by atoms with Gasteiger partial charge in [-0.25, -0.2) is 8.42 Å². The maximum Gasteiger partial charge on any atom is 0.241 e. The van der Waals surface area contributed by atoms with E-state index in [1.165, 1.54) is 0 Å². The van der Waals surface area contributed by atoms with E-state index >= 15 is 0 Å². The second-order valence-electron chi connectivity index (χ2n) is 8.69. The van der Waals surface area contributed by atoms with Gasteiger partial charge in [0.25, 0.3) is 0 Å². The zero-order chi connectivity index (χ0) is 22.6. The Morgan fingerprint density at radius 3 is 2.42 bits per heavy atom. The molecular formula is C22H33N5O3S. The molecule has 0 bridgehead atoms. The first-order valence-electron chi connectivity index (χ1n) is 11.0. The number of hydrogen-bond donors (Lipinski definition) is 1. The van der Waals surface area contributed by atoms with E-state index in [0.717, 1.165) is 30.8 Å². The summed E-state index contributed by atoms with van der Waals surface area (Å²) in [7, 11) is -3.78. The molecule has 9 heteroatoms. The third-order valence-corrected chi connectivity index (χ3v) is 7.28. The highest BCUT2D eigenvalue weighted by molar-refractivity contribution is 7.89. The molecule has 1 aliphatic rings. The van der Waals surface area contributed by atoms with Gasteiger partial charge in [0.15, 0.2) is 0 Å². The van der Waals surface area contributed by atoms with Crippen molar-refractivity contribution in [2.75, 3.05) is 13.1 Å². The largest absolute Gasteiger partial charge is 0.341 e. The molecule has 2 aromatic rings. The molecule has 1 aromatic heterocycles. The minimum absolute atomic E-state index is 0.153. The highest BCUT2D eigenvalue weighted by atomic mass is 32.2. The summed E-state index contributed by atoms with van der Waals surface area (Å²) >= 11 is 0. The molecule has 0 saturated carbocycles. The average Bonchev–Trinajstić information content (AvgIpc) is 3.21. The van der Waals surface area contributed by atoms with Gasteiger partial charge in [-0.3, -0.25) is 4.79 Å². The van der Waals surface area contributed by atoms with Crippen molar-refractivity contribution in [3.63, 3.8) is 0 Å². The molecule has 1 aromatic carbocycles. The van der Waals surface area contributed by atoms with Crippen LogP contribution in [0.5, 0.6) is 0 Å². The molecule has 1 amide bonds. The molecule has 170 valence electrons. The molecule has 1 N–H and O–H groups in total. The zero-order valence-electron chi connectivity index (χ0n) is 18.8. The first kappa shape index (κ1) is 23.4. The first-order valence-corrected chi connectivity index (χ1v) is 12.4. The number of sulfonamides is 1. The van der Waals surface area contributed by atoms with Crippen molar-refractivity contribution in [1.29, 1.82) is 0 Å². The summed E-state index contributed by atoms with van der Waals surface area (Å²) in [6.45, 7) is 9.93. The summed E-state index contributed by atoms with van der Waals surface area (Å²) in [6.07, 6.45) is 3.78. The number of nitrogens with one attached hydrogen (secondary N) is 1. The molecule has 1 fully saturated rings. The maximum atomic E-state index is 13.3. The van der Waals surface area contributed by atoms with Gasteiger partial charge >= 0.3 is 0 Å². The Balaban J connectivity index is 1.69. The fourth-order valence-electron chi connectivity index (χ4n) is 4.05. The van der Waals surface area contributed by atoms with Crippen LogP contribution in [0.15, 0.2) is 35.5 Å². The molecule has 3 rings (SSSR count). The minimum Gasteiger partial charge on any atom is -0.341 e. The normalized spacial score (nSPS) is 16.6. The third-order valence-electron chi connectivity index (χ3n) is 5.79. The topological polar surface area (TPSA) is 97.2 Å². The SMILES string of the molecule is CCn1cnnc1C1CCN(C(=O)C(CC(C)C)NS(=O)(=O)c2ccc(C)cc2)CC1. The van der Waals surface area contributed by atoms with Gasteiger partial charge in [0, 0.05) is 25.6 Å². The van der Waals surface area contributed by atoms with Gasteiger partial charge < -0.3 is 9.47 Å². The molecular weight excluding hydrogens is 414 g/mol. The lowest BCUT2D eigenvalue weighted by atomic mass is 9.94. The number of carbonyl (C=O) groups is 1. The highest BCUT2D eigenvalue weighted by Gasteiger charge is 2.33. The fourth-order valence-corrected chi connectivity index (χ4v) is 5.25. The Labute approximate surface area is 185 Å². The fraction of sp³-hybridized carbons (Fsp3) is 0.591. The number of hydrogen-bond acceptors (Lipinski definition) is 5. The molecule has 2 heterocycles. The van der Waals surface area contributed by atoms with Crippen molar-refractivity contribution in [1.82, 2.24) is 24.4 Å². The van der Waals surface area contributed by atoms with Crippen LogP contribution in [0.3, 0.4) is 0 Å². The quantitative estimate of drug-likeness (QED) is 0.671. The molecule has 1 saturated heterocycles. The number of aromatic nitrogens is 3. The molecule has 1 atom stereocenters. The monoisotopic (exact) mass is 447 g/mol. The van der Waals surface area contributed by atoms with Gasteiger partial charge in [0.05, 0.1) is 4.90 Å². The van der Waals surface area contributed by atoms with Crippen LogP contribution in [0, 0.1) is 12.8 Å². The van der Waals surface area contributed by atoms with Crippen LogP contribution in [0.2, 0.25) is 0 Å². The molecule has 8 nitrogen and oxygen atoms in total. The first-order chi connectivity index (χ1) is 14.7. The Hall–Kier alpha value is -2.26. The van der Waals surface area contributed by atoms with E-state index in [1.54, 1.807) is 35.5 Å². The van der Waals surface area contributed by atoms with Crippen molar-refractivity contribution in [2.24, 2.45) is 5.92 Å². The average molecular weight is 448 g/mol. The summed E-state index contributed by atoms with van der Waals surface area (Å²) < 4.78 is 30.5. The molecule has 0 aliphatic carbocycles. The van der Waals surface area contributed by atoms with Crippen molar-refractivity contribution in [3.8, 4) is 0 Å². The van der Waals surface area contributed by atoms with Crippen LogP contribution >= 0.6 is 0 Å². The number of carbonyl (C=O) groups excluding carboxylic acids is 1. The van der Waals surface area contributed by atoms with Crippen molar-refractivity contribution >= 4 is 15.9 Å². The summed E-state index contributed by atoms with van der Waals surface area (Å²) in [5.74, 6) is 1.25. The van der Waals surface area contributed by atoms with Gasteiger partial charge in [0.1, 0.15) is 18.2 Å². The minimum atomic E-state index is -3.78. The van der Waals surface area contributed by atoms with E-state index in [4.69, 9.17) is 0 Å². The van der Waals surface area contributed by atoms with Crippen molar-refractivity contribution in [2.45, 2.75) is 70.4 Å². The van der Waals surface area contributed by atoms with E-state index in [-0.39, 0.29) is 22.6 Å². The van der Waals surface area contributed by atoms with Crippen LogP contribution in [0.25, 0.3) is 0 Å². The van der Waals surface area contributed by atoms with E-state index in [9.17, 15) is 13.2 Å². The second kappa shape index (κ2) is 9.91. The third kappa shape index (κ3) is 5.71. The number of piperidine rings is 1. The Morgan fingerprint density at radius 2 is 1.84 bits per heavy atom. The van der Waals surface area contributed by atoms with Crippen LogP contribution in [0.4, 0.5) is 0 Å². The lowest BCUT2D eigenvalue weighted by molar-refractivity contribution is -0.134. The number of nitrogens with zero attached hydrogens (tertiary/aromatic N) is 4. The van der Waals surface area contributed by atoms with E-state index in [0.29, 0.717) is 19.5 Å². The second-order valence-corrected chi connectivity index (χ2v) is 10.4. The summed E-state index contributed by atoms with van der Waals surface area (Å²) in [6, 6.07) is 5.89. The maximum absolute atomic E-state index is 13.3. The predicted octanol–water partition coefficient (Wildman–Crippen LogP) is 2.71. The Kier molecular flexibility index (Phi) is 7.48. The van der Waals surface area contributed by atoms with Crippen LogP contribution in [-0.4, -0.2) is 53.1 Å². The number of likely N-dealkylation sites (tertiary alicyclic amines) is 1. The van der Waals surface area contributed by atoms with Gasteiger partial charge in [-0.2, -0.15) is 4.72 Å². The molecule has 0 spiro atoms. The summed E-state index contributed by atoms with van der Waals surface area (Å²) in [4.78, 5) is 15.2. The Morgan fingerprint density at radius 1 is 1.19 bits per heavy atom. The van der Waals surface area contributed by atoms with E-state index in [2.05, 4.69) is 21.8 Å². The molecule has 1 unspecified atom stereocenters. The summed E-state index contributed by atoms with van der Waals surface area (Å²) in [5.41, 5.74) is 0.982. The Bertz CT molecular complexity index is 977. The summed E-state index contributed by atoms with van der Waals surface area (Å²) in [5, 5.41) is 8.27. The lowest BCUT2D eigenvalue weighted by Crippen LogP contribution is -2.51. The van der Waals surface area contributed by atoms with Crippen molar-refractivity contribution < 1.29 is 13.2 Å². The number of benzene rings is 1. The molecule has 1 aliphatic heterocycles. The molecule has 31 heavy (non-hydrogen) atoms. The van der Waals surface area contributed by atoms with Crippen LogP contribution < -0.4 is 4.72 Å². The highest BCUT2D eigenvalue weighted by Crippen LogP contribution is 2.27. The van der Waals surface area contributed by atoms with E-state index in [1.807, 2.05) is 25.3 Å². The van der Waals surface area contributed by atoms with Crippen molar-refractivity contribution in [3.05, 3.63) is 42.0 Å². The standard InChI is InChI=1S/C22H33N5O3S/c1-5-26-15-23-24-21(26)18-10-12-27(13-11-18)22(28)20(14-16(2)3)25-31(29,30)19-8-6-17(4)7-9-19/h6-9,15-16,18,20,25H,5,10-14H2,1-4H3. The number of amides is 1. The molecule has 0 radical (unpaired) electrons. The van der Waals surface area contributed by atoms with Crippen LogP contribution in [-0.2, 0) is 21.4 Å². The number of rotatable bonds is 8. The smallest absolute Gasteiger partial charge is 0.241 e. The predicted molar refractivity (Wildman–Crippen MR) is 119 cm³/mol. The van der Waals surface area contributed by atoms with Gasteiger partial charge in [-0.15, -0.1) is 10.2 Å². The van der Waals surface area contributed by atoms with Crippen LogP contribution in [0.1, 0.15) is 57.3 Å². The van der Waals surface area contributed by atoms with E-state index < -0.39 is 16.1 Å². The zero-order valence-corrected chi connectivity index (χ0v) is 19.6. The van der Waals surface area contributed by atoms with Gasteiger partial charge in [0.2, 0.25) is 15.9 Å².